The monoisotopic (exact) mass is 334 g/mol. The van der Waals surface area contributed by atoms with E-state index in [1.165, 1.54) is 0 Å². The van der Waals surface area contributed by atoms with Gasteiger partial charge in [-0.3, -0.25) is 0 Å². The van der Waals surface area contributed by atoms with Crippen molar-refractivity contribution in [3.05, 3.63) is 58.1 Å². The van der Waals surface area contributed by atoms with Crippen molar-refractivity contribution in [3.63, 3.8) is 0 Å². The second-order valence-corrected chi connectivity index (χ2v) is 5.64. The van der Waals surface area contributed by atoms with Gasteiger partial charge in [0, 0.05) is 16.5 Å². The van der Waals surface area contributed by atoms with Crippen molar-refractivity contribution in [3.8, 4) is 11.5 Å². The number of aliphatic hydroxyl groups is 1. The van der Waals surface area contributed by atoms with Gasteiger partial charge in [0.15, 0.2) is 11.5 Å². The lowest BCUT2D eigenvalue weighted by molar-refractivity contribution is 0.146. The van der Waals surface area contributed by atoms with Crippen molar-refractivity contribution >= 4 is 15.9 Å². The van der Waals surface area contributed by atoms with E-state index in [-0.39, 0.29) is 0 Å². The Hall–Kier alpha value is -1.52. The second kappa shape index (κ2) is 5.85. The van der Waals surface area contributed by atoms with Crippen molar-refractivity contribution in [1.82, 2.24) is 0 Å². The summed E-state index contributed by atoms with van der Waals surface area (Å²) in [5.74, 6) is 1.38. The van der Waals surface area contributed by atoms with Gasteiger partial charge in [-0.25, -0.2) is 0 Å². The molecule has 4 heteroatoms. The van der Waals surface area contributed by atoms with Crippen molar-refractivity contribution < 1.29 is 14.6 Å². The molecule has 0 aliphatic carbocycles. The van der Waals surface area contributed by atoms with Gasteiger partial charge in [-0.1, -0.05) is 40.2 Å². The lowest BCUT2D eigenvalue weighted by Crippen LogP contribution is -2.17. The highest BCUT2D eigenvalue weighted by molar-refractivity contribution is 9.10. The largest absolute Gasteiger partial charge is 0.486 e. The average molecular weight is 335 g/mol. The summed E-state index contributed by atoms with van der Waals surface area (Å²) >= 11 is 3.44. The fourth-order valence-electron chi connectivity index (χ4n) is 2.36. The lowest BCUT2D eigenvalue weighted by atomic mass is 10.00. The van der Waals surface area contributed by atoms with Crippen LogP contribution in [0.15, 0.2) is 46.9 Å². The number of hydrogen-bond acceptors (Lipinski definition) is 3. The Balaban J connectivity index is 1.85. The molecule has 1 aliphatic rings. The molecule has 0 radical (unpaired) electrons. The van der Waals surface area contributed by atoms with Gasteiger partial charge in [-0.2, -0.15) is 0 Å². The van der Waals surface area contributed by atoms with Crippen LogP contribution in [0, 0.1) is 0 Å². The first kappa shape index (κ1) is 13.5. The zero-order valence-corrected chi connectivity index (χ0v) is 12.5. The molecule has 0 bridgehead atoms. The summed E-state index contributed by atoms with van der Waals surface area (Å²) in [4.78, 5) is 0. The van der Waals surface area contributed by atoms with Gasteiger partial charge >= 0.3 is 0 Å². The summed E-state index contributed by atoms with van der Waals surface area (Å²) in [6.45, 7) is 1.08. The highest BCUT2D eigenvalue weighted by Crippen LogP contribution is 2.37. The normalized spacial score (nSPS) is 14.9. The minimum atomic E-state index is -0.610. The number of fused-ring (bicyclic) bond motifs is 1. The minimum Gasteiger partial charge on any atom is -0.486 e. The Morgan fingerprint density at radius 2 is 1.90 bits per heavy atom. The lowest BCUT2D eigenvalue weighted by Gasteiger charge is -2.23. The first-order chi connectivity index (χ1) is 9.74. The molecule has 3 nitrogen and oxygen atoms in total. The predicted molar refractivity (Wildman–Crippen MR) is 80.2 cm³/mol. The van der Waals surface area contributed by atoms with Crippen molar-refractivity contribution in [2.24, 2.45) is 0 Å². The molecule has 0 amide bonds. The smallest absolute Gasteiger partial charge is 0.167 e. The van der Waals surface area contributed by atoms with E-state index in [1.807, 2.05) is 42.5 Å². The zero-order valence-electron chi connectivity index (χ0n) is 10.9. The van der Waals surface area contributed by atoms with Crippen LogP contribution in [-0.4, -0.2) is 18.3 Å². The third-order valence-electron chi connectivity index (χ3n) is 3.27. The highest BCUT2D eigenvalue weighted by atomic mass is 79.9. The van der Waals surface area contributed by atoms with E-state index >= 15 is 0 Å². The summed E-state index contributed by atoms with van der Waals surface area (Å²) in [5.41, 5.74) is 1.85. The molecule has 104 valence electrons. The summed E-state index contributed by atoms with van der Waals surface area (Å²) < 4.78 is 12.2. The number of para-hydroxylation sites is 1. The molecular weight excluding hydrogens is 320 g/mol. The number of rotatable bonds is 3. The first-order valence-corrected chi connectivity index (χ1v) is 7.34. The van der Waals surface area contributed by atoms with Crippen LogP contribution < -0.4 is 9.47 Å². The molecule has 1 aliphatic heterocycles. The summed E-state index contributed by atoms with van der Waals surface area (Å²) in [5, 5.41) is 10.5. The van der Waals surface area contributed by atoms with Gasteiger partial charge in [0.1, 0.15) is 13.2 Å². The van der Waals surface area contributed by atoms with Crippen molar-refractivity contribution in [2.45, 2.75) is 12.5 Å². The van der Waals surface area contributed by atoms with Crippen LogP contribution >= 0.6 is 15.9 Å². The molecule has 1 heterocycles. The van der Waals surface area contributed by atoms with Gasteiger partial charge in [-0.15, -0.1) is 0 Å². The molecule has 1 N–H and O–H groups in total. The van der Waals surface area contributed by atoms with E-state index in [0.29, 0.717) is 31.1 Å². The van der Waals surface area contributed by atoms with Crippen LogP contribution in [0.3, 0.4) is 0 Å². The molecule has 2 aromatic rings. The van der Waals surface area contributed by atoms with Gasteiger partial charge in [0.2, 0.25) is 0 Å². The molecule has 2 aromatic carbocycles. The summed E-state index contributed by atoms with van der Waals surface area (Å²) in [7, 11) is 0. The molecule has 20 heavy (non-hydrogen) atoms. The number of ether oxygens (including phenoxy) is 2. The molecule has 0 saturated heterocycles. The van der Waals surface area contributed by atoms with Crippen LogP contribution in [0.5, 0.6) is 11.5 Å². The van der Waals surface area contributed by atoms with Crippen LogP contribution in [0.1, 0.15) is 17.2 Å². The van der Waals surface area contributed by atoms with Crippen LogP contribution in [0.25, 0.3) is 0 Å². The molecular formula is C16H15BrO3. The molecule has 1 unspecified atom stereocenters. The van der Waals surface area contributed by atoms with E-state index in [1.54, 1.807) is 0 Å². The number of hydrogen-bond donors (Lipinski definition) is 1. The van der Waals surface area contributed by atoms with Gasteiger partial charge in [0.05, 0.1) is 6.10 Å². The number of halogens is 1. The van der Waals surface area contributed by atoms with Crippen molar-refractivity contribution in [1.29, 1.82) is 0 Å². The zero-order chi connectivity index (χ0) is 13.9. The summed E-state index contributed by atoms with van der Waals surface area (Å²) in [6.07, 6.45) is -0.0693. The van der Waals surface area contributed by atoms with Gasteiger partial charge in [0.25, 0.3) is 0 Å². The molecule has 0 spiro atoms. The summed E-state index contributed by atoms with van der Waals surface area (Å²) in [6, 6.07) is 13.6. The van der Waals surface area contributed by atoms with Crippen LogP contribution in [0.2, 0.25) is 0 Å². The predicted octanol–water partition coefficient (Wildman–Crippen LogP) is 3.50. The van der Waals surface area contributed by atoms with E-state index in [2.05, 4.69) is 15.9 Å². The Morgan fingerprint density at radius 1 is 1.10 bits per heavy atom. The Kier molecular flexibility index (Phi) is 3.94. The van der Waals surface area contributed by atoms with E-state index < -0.39 is 6.10 Å². The van der Waals surface area contributed by atoms with E-state index in [9.17, 15) is 5.11 Å². The molecule has 0 aromatic heterocycles. The molecule has 3 rings (SSSR count). The molecule has 1 atom stereocenters. The standard InChI is InChI=1S/C16H15BrO3/c17-12-4-1-3-11(9-12)10-14(18)13-5-2-6-15-16(13)20-8-7-19-15/h1-6,9,14,18H,7-8,10H2. The van der Waals surface area contributed by atoms with Crippen molar-refractivity contribution in [2.75, 3.05) is 13.2 Å². The van der Waals surface area contributed by atoms with Crippen LogP contribution in [0.4, 0.5) is 0 Å². The van der Waals surface area contributed by atoms with Crippen LogP contribution in [-0.2, 0) is 6.42 Å². The van der Waals surface area contributed by atoms with E-state index in [4.69, 9.17) is 9.47 Å². The fraction of sp³-hybridized carbons (Fsp3) is 0.250. The van der Waals surface area contributed by atoms with Gasteiger partial charge < -0.3 is 14.6 Å². The number of aliphatic hydroxyl groups excluding tert-OH is 1. The average Bonchev–Trinajstić information content (AvgIpc) is 2.46. The highest BCUT2D eigenvalue weighted by Gasteiger charge is 2.20. The fourth-order valence-corrected chi connectivity index (χ4v) is 2.80. The topological polar surface area (TPSA) is 38.7 Å². The minimum absolute atomic E-state index is 0.521. The maximum Gasteiger partial charge on any atom is 0.167 e. The third-order valence-corrected chi connectivity index (χ3v) is 3.77. The second-order valence-electron chi connectivity index (χ2n) is 4.72. The maximum atomic E-state index is 10.5. The third kappa shape index (κ3) is 2.81. The van der Waals surface area contributed by atoms with Gasteiger partial charge in [-0.05, 0) is 23.8 Å². The Labute approximate surface area is 126 Å². The SMILES string of the molecule is OC(Cc1cccc(Br)c1)c1cccc2c1OCCO2. The Morgan fingerprint density at radius 3 is 2.75 bits per heavy atom. The maximum absolute atomic E-state index is 10.5. The Bertz CT molecular complexity index is 612. The molecule has 0 saturated carbocycles. The first-order valence-electron chi connectivity index (χ1n) is 6.55. The van der Waals surface area contributed by atoms with E-state index in [0.717, 1.165) is 15.6 Å². The quantitative estimate of drug-likeness (QED) is 0.933. The number of benzene rings is 2. The molecule has 0 fully saturated rings.